The average molecular weight is 380 g/mol. The molecule has 1 aliphatic heterocycles. The van der Waals surface area contributed by atoms with Gasteiger partial charge in [-0.1, -0.05) is 36.2 Å². The SMILES string of the molecule is Cc1ccc(-c2nc(C)c(C(C)NC(=O)C3CCCCN3)s2)cc1.Cl. The van der Waals surface area contributed by atoms with Crippen LogP contribution < -0.4 is 10.6 Å². The molecule has 1 aromatic carbocycles. The van der Waals surface area contributed by atoms with E-state index in [1.807, 2.05) is 13.8 Å². The fourth-order valence-corrected chi connectivity index (χ4v) is 4.16. The Kier molecular flexibility index (Phi) is 6.99. The number of thiazole rings is 1. The molecule has 0 spiro atoms. The van der Waals surface area contributed by atoms with E-state index in [0.29, 0.717) is 0 Å². The molecular weight excluding hydrogens is 354 g/mol. The Bertz CT molecular complexity index is 708. The van der Waals surface area contributed by atoms with Crippen LogP contribution in [-0.2, 0) is 4.79 Å². The quantitative estimate of drug-likeness (QED) is 0.838. The van der Waals surface area contributed by atoms with Crippen molar-refractivity contribution >= 4 is 29.7 Å². The van der Waals surface area contributed by atoms with Gasteiger partial charge in [0, 0.05) is 5.56 Å². The number of aryl methyl sites for hydroxylation is 2. The van der Waals surface area contributed by atoms with Crippen molar-refractivity contribution in [2.24, 2.45) is 0 Å². The van der Waals surface area contributed by atoms with Crippen molar-refractivity contribution in [3.63, 3.8) is 0 Å². The van der Waals surface area contributed by atoms with Gasteiger partial charge in [0.15, 0.2) is 0 Å². The van der Waals surface area contributed by atoms with Crippen molar-refractivity contribution in [2.75, 3.05) is 6.54 Å². The number of aromatic nitrogens is 1. The van der Waals surface area contributed by atoms with Gasteiger partial charge in [0.1, 0.15) is 5.01 Å². The number of benzene rings is 1. The van der Waals surface area contributed by atoms with Crippen LogP contribution in [0.3, 0.4) is 0 Å². The zero-order valence-corrected chi connectivity index (χ0v) is 16.6. The standard InChI is InChI=1S/C19H25N3OS.ClH/c1-12-7-9-15(10-8-12)19-22-14(3)17(24-19)13(2)21-18(23)16-6-4-5-11-20-16;/h7-10,13,16,20H,4-6,11H2,1-3H3,(H,21,23);1H. The highest BCUT2D eigenvalue weighted by molar-refractivity contribution is 7.15. The number of amides is 1. The molecule has 1 aromatic heterocycles. The van der Waals surface area contributed by atoms with Gasteiger partial charge in [0.2, 0.25) is 5.91 Å². The molecule has 2 N–H and O–H groups in total. The number of hydrogen-bond donors (Lipinski definition) is 2. The monoisotopic (exact) mass is 379 g/mol. The third kappa shape index (κ3) is 4.81. The summed E-state index contributed by atoms with van der Waals surface area (Å²) in [7, 11) is 0. The average Bonchev–Trinajstić information content (AvgIpc) is 2.98. The molecule has 2 aromatic rings. The van der Waals surface area contributed by atoms with E-state index in [0.717, 1.165) is 46.9 Å². The summed E-state index contributed by atoms with van der Waals surface area (Å²) in [6, 6.07) is 8.35. The van der Waals surface area contributed by atoms with E-state index in [9.17, 15) is 4.79 Å². The largest absolute Gasteiger partial charge is 0.347 e. The van der Waals surface area contributed by atoms with Crippen LogP contribution in [0.15, 0.2) is 24.3 Å². The lowest BCUT2D eigenvalue weighted by atomic mass is 10.0. The zero-order valence-electron chi connectivity index (χ0n) is 15.0. The van der Waals surface area contributed by atoms with Crippen LogP contribution in [0.4, 0.5) is 0 Å². The number of hydrogen-bond acceptors (Lipinski definition) is 4. The topological polar surface area (TPSA) is 54.0 Å². The van der Waals surface area contributed by atoms with Gasteiger partial charge in [0.25, 0.3) is 0 Å². The number of carbonyl (C=O) groups excluding carboxylic acids is 1. The Morgan fingerprint density at radius 1 is 1.28 bits per heavy atom. The highest BCUT2D eigenvalue weighted by atomic mass is 35.5. The summed E-state index contributed by atoms with van der Waals surface area (Å²) in [4.78, 5) is 18.3. The molecule has 0 bridgehead atoms. The van der Waals surface area contributed by atoms with Gasteiger partial charge in [-0.15, -0.1) is 23.7 Å². The van der Waals surface area contributed by atoms with E-state index >= 15 is 0 Å². The van der Waals surface area contributed by atoms with E-state index in [-0.39, 0.29) is 30.4 Å². The summed E-state index contributed by atoms with van der Waals surface area (Å²) in [5, 5.41) is 7.47. The third-order valence-electron chi connectivity index (χ3n) is 4.51. The van der Waals surface area contributed by atoms with Gasteiger partial charge in [-0.05, 0) is 40.2 Å². The lowest BCUT2D eigenvalue weighted by Gasteiger charge is -2.24. The summed E-state index contributed by atoms with van der Waals surface area (Å²) in [6.07, 6.45) is 3.21. The first-order valence-corrected chi connectivity index (χ1v) is 9.44. The molecule has 6 heteroatoms. The normalized spacial score (nSPS) is 18.3. The molecule has 2 heterocycles. The van der Waals surface area contributed by atoms with Crippen molar-refractivity contribution in [2.45, 2.75) is 52.1 Å². The molecule has 3 rings (SSSR count). The second kappa shape index (κ2) is 8.79. The van der Waals surface area contributed by atoms with Gasteiger partial charge in [-0.25, -0.2) is 4.98 Å². The number of rotatable bonds is 4. The first-order valence-electron chi connectivity index (χ1n) is 8.62. The lowest BCUT2D eigenvalue weighted by molar-refractivity contribution is -0.124. The smallest absolute Gasteiger partial charge is 0.237 e. The van der Waals surface area contributed by atoms with E-state index < -0.39 is 0 Å². The molecule has 1 fully saturated rings. The molecule has 2 unspecified atom stereocenters. The first kappa shape index (κ1) is 19.9. The highest BCUT2D eigenvalue weighted by Gasteiger charge is 2.23. The van der Waals surface area contributed by atoms with E-state index in [1.165, 1.54) is 5.56 Å². The van der Waals surface area contributed by atoms with Crippen LogP contribution >= 0.6 is 23.7 Å². The molecule has 1 aliphatic rings. The van der Waals surface area contributed by atoms with Crippen molar-refractivity contribution in [1.82, 2.24) is 15.6 Å². The van der Waals surface area contributed by atoms with E-state index in [2.05, 4.69) is 41.8 Å². The maximum Gasteiger partial charge on any atom is 0.237 e. The van der Waals surface area contributed by atoms with Gasteiger partial charge in [-0.2, -0.15) is 0 Å². The molecule has 1 amide bonds. The maximum atomic E-state index is 12.4. The van der Waals surface area contributed by atoms with Gasteiger partial charge < -0.3 is 10.6 Å². The lowest BCUT2D eigenvalue weighted by Crippen LogP contribution is -2.47. The predicted octanol–water partition coefficient (Wildman–Crippen LogP) is 4.17. The van der Waals surface area contributed by atoms with Crippen molar-refractivity contribution in [1.29, 1.82) is 0 Å². The molecule has 0 saturated carbocycles. The molecule has 2 atom stereocenters. The van der Waals surface area contributed by atoms with Crippen LogP contribution in [0.1, 0.15) is 48.4 Å². The molecule has 0 aliphatic carbocycles. The van der Waals surface area contributed by atoms with E-state index in [4.69, 9.17) is 4.98 Å². The Labute approximate surface area is 159 Å². The van der Waals surface area contributed by atoms with Crippen LogP contribution in [-0.4, -0.2) is 23.5 Å². The fraction of sp³-hybridized carbons (Fsp3) is 0.474. The van der Waals surface area contributed by atoms with Gasteiger partial charge in [-0.3, -0.25) is 4.79 Å². The first-order chi connectivity index (χ1) is 11.5. The minimum atomic E-state index is -0.0500. The van der Waals surface area contributed by atoms with Crippen LogP contribution in [0.5, 0.6) is 0 Å². The third-order valence-corrected chi connectivity index (χ3v) is 5.90. The Morgan fingerprint density at radius 3 is 2.64 bits per heavy atom. The summed E-state index contributed by atoms with van der Waals surface area (Å²) in [6.45, 7) is 7.08. The number of piperidine rings is 1. The Balaban J connectivity index is 0.00000225. The molecule has 0 radical (unpaired) electrons. The van der Waals surface area contributed by atoms with Crippen LogP contribution in [0, 0.1) is 13.8 Å². The Morgan fingerprint density at radius 2 is 2.00 bits per heavy atom. The number of nitrogens with zero attached hydrogens (tertiary/aromatic N) is 1. The van der Waals surface area contributed by atoms with Crippen molar-refractivity contribution < 1.29 is 4.79 Å². The number of halogens is 1. The fourth-order valence-electron chi connectivity index (χ4n) is 3.08. The van der Waals surface area contributed by atoms with Gasteiger partial charge >= 0.3 is 0 Å². The minimum absolute atomic E-state index is 0. The molecule has 136 valence electrons. The number of carbonyl (C=O) groups is 1. The van der Waals surface area contributed by atoms with Crippen LogP contribution in [0.2, 0.25) is 0 Å². The second-order valence-electron chi connectivity index (χ2n) is 6.57. The molecular formula is C19H26ClN3OS. The Hall–Kier alpha value is -1.43. The summed E-state index contributed by atoms with van der Waals surface area (Å²) < 4.78 is 0. The highest BCUT2D eigenvalue weighted by Crippen LogP contribution is 2.32. The van der Waals surface area contributed by atoms with Crippen molar-refractivity contribution in [3.05, 3.63) is 40.4 Å². The molecule has 4 nitrogen and oxygen atoms in total. The van der Waals surface area contributed by atoms with E-state index in [1.54, 1.807) is 11.3 Å². The maximum absolute atomic E-state index is 12.4. The zero-order chi connectivity index (χ0) is 17.1. The molecule has 25 heavy (non-hydrogen) atoms. The summed E-state index contributed by atoms with van der Waals surface area (Å²) in [5.74, 6) is 0.104. The number of nitrogens with one attached hydrogen (secondary N) is 2. The van der Waals surface area contributed by atoms with Crippen molar-refractivity contribution in [3.8, 4) is 10.6 Å². The predicted molar refractivity (Wildman–Crippen MR) is 106 cm³/mol. The summed E-state index contributed by atoms with van der Waals surface area (Å²) in [5.41, 5.74) is 3.38. The van der Waals surface area contributed by atoms with Crippen LogP contribution in [0.25, 0.3) is 10.6 Å². The second-order valence-corrected chi connectivity index (χ2v) is 7.60. The van der Waals surface area contributed by atoms with Gasteiger partial charge in [0.05, 0.1) is 22.7 Å². The summed E-state index contributed by atoms with van der Waals surface area (Å²) >= 11 is 1.67. The molecule has 1 saturated heterocycles. The minimum Gasteiger partial charge on any atom is -0.347 e.